The van der Waals surface area contributed by atoms with Gasteiger partial charge in [0, 0.05) is 12.8 Å². The highest BCUT2D eigenvalue weighted by Crippen LogP contribution is 2.35. The van der Waals surface area contributed by atoms with E-state index in [0.717, 1.165) is 70.6 Å². The number of phosphoric ester groups is 1. The molecule has 0 amide bonds. The first-order valence-corrected chi connectivity index (χ1v) is 20.5. The lowest BCUT2D eigenvalue weighted by atomic mass is 10.1. The number of hydrogen-bond acceptors (Lipinski definition) is 7. The van der Waals surface area contributed by atoms with Gasteiger partial charge in [-0.05, 0) is 96.3 Å². The summed E-state index contributed by atoms with van der Waals surface area (Å²) >= 11 is 0. The van der Waals surface area contributed by atoms with Gasteiger partial charge in [-0.25, -0.2) is 4.57 Å². The summed E-state index contributed by atoms with van der Waals surface area (Å²) in [4.78, 5) is 42.7. The molecule has 0 aliphatic carbocycles. The van der Waals surface area contributed by atoms with Crippen LogP contribution >= 0.6 is 7.82 Å². The Morgan fingerprint density at radius 2 is 1.04 bits per heavy atom. The fraction of sp³-hybridized carbons (Fsp3) is 0.610. The van der Waals surface area contributed by atoms with Crippen LogP contribution in [0.2, 0.25) is 0 Å². The van der Waals surface area contributed by atoms with Crippen molar-refractivity contribution in [1.82, 2.24) is 0 Å². The molecule has 0 spiro atoms. The highest BCUT2D eigenvalue weighted by atomic mass is 31.2. The van der Waals surface area contributed by atoms with Gasteiger partial charge in [-0.1, -0.05) is 112 Å². The van der Waals surface area contributed by atoms with Gasteiger partial charge in [0.2, 0.25) is 0 Å². The number of unbranched alkanes of at least 4 members (excludes halogenated alkanes) is 6. The lowest BCUT2D eigenvalue weighted by Gasteiger charge is -2.18. The molecule has 0 aliphatic rings. The molecule has 0 aromatic heterocycles. The standard InChI is InChI=1S/C41H67O9P/c1-3-5-6-7-8-9-10-11-12-17-20-23-26-29-32-35-41(44)50-39(37-49-51(45,46)47)36-48-40(43)34-31-28-25-22-19-16-14-13-15-18-21-24-27-30-33-38(42)4-2/h8-9,11-12,14-16,18,20,22-25,27,38-39,42H,3-7,10,13,17,19,21,26,28-37H2,1-2H3,(H2,45,46,47)/b9-8-,12-11-,16-14-,18-15-,23-20-,25-22-,27-24-/t38-,39+/m0/s1. The second-order valence-corrected chi connectivity index (χ2v) is 13.6. The zero-order valence-electron chi connectivity index (χ0n) is 31.3. The Morgan fingerprint density at radius 3 is 1.53 bits per heavy atom. The molecule has 0 radical (unpaired) electrons. The molecule has 0 saturated heterocycles. The molecule has 0 heterocycles. The van der Waals surface area contributed by atoms with Crippen molar-refractivity contribution in [3.8, 4) is 0 Å². The third-order valence-electron chi connectivity index (χ3n) is 7.55. The van der Waals surface area contributed by atoms with Crippen LogP contribution in [0.1, 0.15) is 136 Å². The molecule has 0 aromatic carbocycles. The van der Waals surface area contributed by atoms with Crippen molar-refractivity contribution < 1.29 is 43.0 Å². The van der Waals surface area contributed by atoms with E-state index in [2.05, 4.69) is 84.4 Å². The van der Waals surface area contributed by atoms with Gasteiger partial charge in [-0.3, -0.25) is 14.1 Å². The average Bonchev–Trinajstić information content (AvgIpc) is 3.10. The molecule has 0 fully saturated rings. The summed E-state index contributed by atoms with van der Waals surface area (Å²) in [5.41, 5.74) is 0. The summed E-state index contributed by atoms with van der Waals surface area (Å²) in [6.07, 6.45) is 44.0. The number of hydrogen-bond donors (Lipinski definition) is 3. The second kappa shape index (κ2) is 35.6. The summed E-state index contributed by atoms with van der Waals surface area (Å²) in [5, 5.41) is 9.53. The first kappa shape index (κ1) is 48.2. The molecule has 0 aliphatic heterocycles. The van der Waals surface area contributed by atoms with Crippen molar-refractivity contribution in [2.24, 2.45) is 0 Å². The summed E-state index contributed by atoms with van der Waals surface area (Å²) in [6, 6.07) is 0. The maximum atomic E-state index is 12.3. The summed E-state index contributed by atoms with van der Waals surface area (Å²) < 4.78 is 26.2. The molecular formula is C41H67O9P. The minimum atomic E-state index is -4.79. The van der Waals surface area contributed by atoms with Gasteiger partial charge >= 0.3 is 19.8 Å². The number of aliphatic hydroxyl groups is 1. The molecule has 3 N–H and O–H groups in total. The Balaban J connectivity index is 4.17. The van der Waals surface area contributed by atoms with Gasteiger partial charge < -0.3 is 24.4 Å². The van der Waals surface area contributed by atoms with E-state index in [1.165, 1.54) is 19.3 Å². The quantitative estimate of drug-likeness (QED) is 0.0260. The first-order chi connectivity index (χ1) is 24.7. The van der Waals surface area contributed by atoms with E-state index in [1.807, 2.05) is 19.1 Å². The van der Waals surface area contributed by atoms with Gasteiger partial charge in [0.05, 0.1) is 12.7 Å². The molecule has 290 valence electrons. The maximum Gasteiger partial charge on any atom is 0.469 e. The second-order valence-electron chi connectivity index (χ2n) is 12.3. The molecular weight excluding hydrogens is 667 g/mol. The van der Waals surface area contributed by atoms with Gasteiger partial charge in [0.25, 0.3) is 0 Å². The van der Waals surface area contributed by atoms with E-state index in [-0.39, 0.29) is 25.6 Å². The molecule has 0 bridgehead atoms. The molecule has 2 atom stereocenters. The monoisotopic (exact) mass is 734 g/mol. The number of ether oxygens (including phenoxy) is 2. The van der Waals surface area contributed by atoms with E-state index >= 15 is 0 Å². The van der Waals surface area contributed by atoms with E-state index in [0.29, 0.717) is 19.3 Å². The molecule has 0 rings (SSSR count). The van der Waals surface area contributed by atoms with Crippen molar-refractivity contribution in [1.29, 1.82) is 0 Å². The molecule has 9 nitrogen and oxygen atoms in total. The largest absolute Gasteiger partial charge is 0.469 e. The van der Waals surface area contributed by atoms with E-state index in [4.69, 9.17) is 19.3 Å². The topological polar surface area (TPSA) is 140 Å². The van der Waals surface area contributed by atoms with Gasteiger partial charge in [0.1, 0.15) is 6.61 Å². The Morgan fingerprint density at radius 1 is 0.588 bits per heavy atom. The summed E-state index contributed by atoms with van der Waals surface area (Å²) in [5.74, 6) is -1.02. The fourth-order valence-corrected chi connectivity index (χ4v) is 4.89. The third-order valence-corrected chi connectivity index (χ3v) is 8.04. The lowest BCUT2D eigenvalue weighted by Crippen LogP contribution is -2.29. The number of carbonyl (C=O) groups is 2. The van der Waals surface area contributed by atoms with Crippen LogP contribution in [0.3, 0.4) is 0 Å². The summed E-state index contributed by atoms with van der Waals surface area (Å²) in [7, 11) is -4.79. The summed E-state index contributed by atoms with van der Waals surface area (Å²) in [6.45, 7) is 3.27. The van der Waals surface area contributed by atoms with Gasteiger partial charge in [-0.2, -0.15) is 0 Å². The minimum Gasteiger partial charge on any atom is -0.462 e. The van der Waals surface area contributed by atoms with Crippen LogP contribution in [0.25, 0.3) is 0 Å². The lowest BCUT2D eigenvalue weighted by molar-refractivity contribution is -0.161. The van der Waals surface area contributed by atoms with E-state index in [9.17, 15) is 19.3 Å². The van der Waals surface area contributed by atoms with Crippen LogP contribution in [0.5, 0.6) is 0 Å². The van der Waals surface area contributed by atoms with Crippen molar-refractivity contribution in [2.45, 2.75) is 148 Å². The van der Waals surface area contributed by atoms with Crippen molar-refractivity contribution in [2.75, 3.05) is 13.2 Å². The first-order valence-electron chi connectivity index (χ1n) is 19.0. The Bertz CT molecular complexity index is 1110. The Kier molecular flexibility index (Phi) is 33.6. The fourth-order valence-electron chi connectivity index (χ4n) is 4.53. The van der Waals surface area contributed by atoms with Crippen LogP contribution in [-0.4, -0.2) is 52.3 Å². The van der Waals surface area contributed by atoms with Gasteiger partial charge in [-0.15, -0.1) is 0 Å². The zero-order chi connectivity index (χ0) is 37.7. The van der Waals surface area contributed by atoms with Crippen LogP contribution in [-0.2, 0) is 28.2 Å². The van der Waals surface area contributed by atoms with Crippen molar-refractivity contribution in [3.63, 3.8) is 0 Å². The zero-order valence-corrected chi connectivity index (χ0v) is 32.2. The Hall–Kier alpha value is -2.81. The number of phosphoric acid groups is 1. The average molecular weight is 735 g/mol. The SMILES string of the molecule is CCCCC/C=C\C/C=C\C/C=C\CCCCC(=O)O[C@H](COC(=O)CCC/C=C\C/C=C\C/C=C\C/C=C\CC[C@@H](O)CC)COP(=O)(O)O. The van der Waals surface area contributed by atoms with E-state index < -0.39 is 32.5 Å². The van der Waals surface area contributed by atoms with Crippen LogP contribution in [0.4, 0.5) is 0 Å². The normalized spacial score (nSPS) is 14.1. The Labute approximate surface area is 308 Å². The predicted octanol–water partition coefficient (Wildman–Crippen LogP) is 10.3. The van der Waals surface area contributed by atoms with Crippen LogP contribution in [0.15, 0.2) is 85.1 Å². The number of aliphatic hydroxyl groups excluding tert-OH is 1. The minimum absolute atomic E-state index is 0.140. The van der Waals surface area contributed by atoms with Gasteiger partial charge in [0.15, 0.2) is 6.10 Å². The smallest absolute Gasteiger partial charge is 0.462 e. The number of esters is 2. The highest BCUT2D eigenvalue weighted by molar-refractivity contribution is 7.46. The van der Waals surface area contributed by atoms with Crippen molar-refractivity contribution in [3.05, 3.63) is 85.1 Å². The molecule has 51 heavy (non-hydrogen) atoms. The van der Waals surface area contributed by atoms with E-state index in [1.54, 1.807) is 0 Å². The van der Waals surface area contributed by atoms with Crippen molar-refractivity contribution >= 4 is 19.8 Å². The number of carbonyl (C=O) groups excluding carboxylic acids is 2. The molecule has 10 heteroatoms. The maximum absolute atomic E-state index is 12.3. The predicted molar refractivity (Wildman–Crippen MR) is 208 cm³/mol. The molecule has 0 saturated carbocycles. The molecule has 0 unspecified atom stereocenters. The highest BCUT2D eigenvalue weighted by Gasteiger charge is 2.22. The molecule has 0 aromatic rings. The number of allylic oxidation sites excluding steroid dienone is 14. The number of rotatable bonds is 33. The third kappa shape index (κ3) is 38.3. The van der Waals surface area contributed by atoms with Crippen LogP contribution in [0, 0.1) is 0 Å². The van der Waals surface area contributed by atoms with Crippen LogP contribution < -0.4 is 0 Å².